The van der Waals surface area contributed by atoms with Gasteiger partial charge in [-0.05, 0) is 55.5 Å². The first-order chi connectivity index (χ1) is 19.7. The molecule has 1 unspecified atom stereocenters. The Kier molecular flexibility index (Phi) is 7.80. The van der Waals surface area contributed by atoms with Crippen LogP contribution in [-0.2, 0) is 22.6 Å². The molecule has 1 aliphatic rings. The summed E-state index contributed by atoms with van der Waals surface area (Å²) in [6, 6.07) is 16.0. The third-order valence-electron chi connectivity index (χ3n) is 7.01. The maximum atomic E-state index is 13.2. The molecule has 0 aliphatic carbocycles. The van der Waals surface area contributed by atoms with E-state index < -0.39 is 17.4 Å². The Morgan fingerprint density at radius 2 is 1.83 bits per heavy atom. The fourth-order valence-corrected chi connectivity index (χ4v) is 5.16. The molecule has 0 saturated carbocycles. The average molecular weight is 558 g/mol. The third-order valence-corrected chi connectivity index (χ3v) is 7.01. The van der Waals surface area contributed by atoms with Gasteiger partial charge in [0.1, 0.15) is 0 Å². The van der Waals surface area contributed by atoms with Gasteiger partial charge < -0.3 is 18.7 Å². The fraction of sp³-hybridized carbons (Fsp3) is 0.333. The van der Waals surface area contributed by atoms with Gasteiger partial charge in [0, 0.05) is 22.8 Å². The molecular formula is C30H31N5O6. The first-order valence-corrected chi connectivity index (χ1v) is 13.4. The molecule has 2 N–H and O–H groups in total. The molecule has 4 aromatic rings. The number of esters is 1. The zero-order chi connectivity index (χ0) is 29.1. The number of benzene rings is 2. The highest BCUT2D eigenvalue weighted by molar-refractivity contribution is 6.02. The molecule has 3 heterocycles. The van der Waals surface area contributed by atoms with Crippen LogP contribution in [0, 0.1) is 12.8 Å². The Bertz CT molecular complexity index is 1660. The van der Waals surface area contributed by atoms with Crippen LogP contribution in [0.25, 0.3) is 22.5 Å². The molecule has 5 rings (SSSR count). The van der Waals surface area contributed by atoms with Crippen molar-refractivity contribution >= 4 is 11.7 Å². The highest BCUT2D eigenvalue weighted by atomic mass is 16.6. The number of carbonyl (C=O) groups excluding carboxylic acids is 1. The molecule has 11 heteroatoms. The van der Waals surface area contributed by atoms with Crippen molar-refractivity contribution in [2.45, 2.75) is 59.2 Å². The monoisotopic (exact) mass is 557 g/mol. The fourth-order valence-electron chi connectivity index (χ4n) is 5.16. The van der Waals surface area contributed by atoms with Crippen molar-refractivity contribution in [2.24, 2.45) is 10.9 Å². The van der Waals surface area contributed by atoms with E-state index in [1.807, 2.05) is 55.5 Å². The van der Waals surface area contributed by atoms with Gasteiger partial charge in [-0.15, -0.1) is 10.2 Å². The number of hydrogen-bond acceptors (Lipinski definition) is 10. The number of ether oxygens (including phenoxy) is 1. The van der Waals surface area contributed by atoms with E-state index in [-0.39, 0.29) is 29.7 Å². The highest BCUT2D eigenvalue weighted by Crippen LogP contribution is 2.39. The Hall–Kier alpha value is -4.64. The van der Waals surface area contributed by atoms with Gasteiger partial charge in [0.2, 0.25) is 5.82 Å². The minimum Gasteiger partial charge on any atom is -0.453 e. The Morgan fingerprint density at radius 1 is 1.10 bits per heavy atom. The van der Waals surface area contributed by atoms with Crippen LogP contribution < -0.4 is 5.82 Å². The van der Waals surface area contributed by atoms with Crippen molar-refractivity contribution in [1.82, 2.24) is 20.6 Å². The molecule has 41 heavy (non-hydrogen) atoms. The van der Waals surface area contributed by atoms with Crippen molar-refractivity contribution in [3.63, 3.8) is 0 Å². The number of nitrogens with one attached hydrogen (secondary N) is 1. The summed E-state index contributed by atoms with van der Waals surface area (Å²) >= 11 is 0. The molecule has 1 atom stereocenters. The van der Waals surface area contributed by atoms with E-state index in [0.29, 0.717) is 24.2 Å². The summed E-state index contributed by atoms with van der Waals surface area (Å²) < 4.78 is 15.2. The number of aliphatic hydroxyl groups is 1. The van der Waals surface area contributed by atoms with Crippen LogP contribution in [0.1, 0.15) is 50.7 Å². The Morgan fingerprint density at radius 3 is 2.44 bits per heavy atom. The van der Waals surface area contributed by atoms with Crippen molar-refractivity contribution in [3.05, 3.63) is 87.5 Å². The van der Waals surface area contributed by atoms with Gasteiger partial charge in [-0.3, -0.25) is 0 Å². The van der Waals surface area contributed by atoms with Crippen LogP contribution in [0.2, 0.25) is 0 Å². The average Bonchev–Trinajstić information content (AvgIpc) is 3.67. The summed E-state index contributed by atoms with van der Waals surface area (Å²) in [5.41, 5.74) is 3.91. The molecule has 0 radical (unpaired) electrons. The minimum atomic E-state index is -1.33. The molecule has 0 saturated heterocycles. The topological polar surface area (TPSA) is 157 Å². The van der Waals surface area contributed by atoms with Gasteiger partial charge >= 0.3 is 11.8 Å². The van der Waals surface area contributed by atoms with Gasteiger partial charge in [0.15, 0.2) is 23.8 Å². The predicted octanol–water partition coefficient (Wildman–Crippen LogP) is 4.57. The number of hydrogen-bond donors (Lipinski definition) is 2. The predicted molar refractivity (Wildman–Crippen MR) is 150 cm³/mol. The van der Waals surface area contributed by atoms with Crippen LogP contribution in [0.3, 0.4) is 0 Å². The zero-order valence-electron chi connectivity index (χ0n) is 23.3. The largest absolute Gasteiger partial charge is 0.519 e. The third kappa shape index (κ3) is 5.94. The maximum absolute atomic E-state index is 13.2. The summed E-state index contributed by atoms with van der Waals surface area (Å²) in [6.07, 6.45) is 2.02. The van der Waals surface area contributed by atoms with Crippen LogP contribution in [0.4, 0.5) is 0 Å². The number of tetrazole rings is 1. The summed E-state index contributed by atoms with van der Waals surface area (Å²) in [5.74, 6) is -0.971. The second kappa shape index (κ2) is 11.5. The lowest BCUT2D eigenvalue weighted by atomic mass is 9.79. The molecule has 212 valence electrons. The van der Waals surface area contributed by atoms with Crippen LogP contribution >= 0.6 is 0 Å². The molecule has 11 nitrogen and oxygen atoms in total. The molecular weight excluding hydrogens is 526 g/mol. The maximum Gasteiger partial charge on any atom is 0.519 e. The molecule has 0 bridgehead atoms. The second-order valence-corrected chi connectivity index (χ2v) is 10.4. The van der Waals surface area contributed by atoms with E-state index in [1.54, 1.807) is 20.8 Å². The lowest BCUT2D eigenvalue weighted by molar-refractivity contribution is -0.141. The van der Waals surface area contributed by atoms with Gasteiger partial charge in [0.05, 0.1) is 5.60 Å². The van der Waals surface area contributed by atoms with E-state index in [9.17, 15) is 14.7 Å². The molecule has 2 aromatic heterocycles. The van der Waals surface area contributed by atoms with E-state index in [1.165, 1.54) is 0 Å². The number of aromatic amines is 1. The van der Waals surface area contributed by atoms with E-state index in [0.717, 1.165) is 34.4 Å². The lowest BCUT2D eigenvalue weighted by Gasteiger charge is -2.27. The first kappa shape index (κ1) is 27.9. The Balaban J connectivity index is 1.42. The van der Waals surface area contributed by atoms with E-state index >= 15 is 0 Å². The van der Waals surface area contributed by atoms with Gasteiger partial charge in [-0.1, -0.05) is 61.9 Å². The van der Waals surface area contributed by atoms with Crippen LogP contribution in [-0.4, -0.2) is 43.0 Å². The summed E-state index contributed by atoms with van der Waals surface area (Å²) in [6.45, 7) is 6.59. The number of carbonyl (C=O) groups is 1. The van der Waals surface area contributed by atoms with Gasteiger partial charge in [-0.2, -0.15) is 5.21 Å². The number of rotatable bonds is 10. The SMILES string of the molecule is CCCC1=NC(C(=O)OCc2oc(=O)oc2C)=C(C(C)(C)O)C1Cc1ccc(-c2ccccc2-c2nn[nH]n2)cc1. The molecule has 0 spiro atoms. The number of aliphatic imine (C=N–C) groups is 1. The lowest BCUT2D eigenvalue weighted by Crippen LogP contribution is -2.32. The molecule has 0 fully saturated rings. The van der Waals surface area contributed by atoms with E-state index in [2.05, 4.69) is 25.6 Å². The van der Waals surface area contributed by atoms with Gasteiger partial charge in [0.25, 0.3) is 0 Å². The van der Waals surface area contributed by atoms with Crippen LogP contribution in [0.5, 0.6) is 0 Å². The van der Waals surface area contributed by atoms with Crippen molar-refractivity contribution in [2.75, 3.05) is 0 Å². The summed E-state index contributed by atoms with van der Waals surface area (Å²) in [4.78, 5) is 29.2. The van der Waals surface area contributed by atoms with Crippen molar-refractivity contribution < 1.29 is 23.5 Å². The van der Waals surface area contributed by atoms with Gasteiger partial charge in [-0.25, -0.2) is 14.6 Å². The molecule has 2 aromatic carbocycles. The summed E-state index contributed by atoms with van der Waals surface area (Å²) in [5, 5.41) is 25.6. The molecule has 1 aliphatic heterocycles. The standard InChI is InChI=1S/C30H31N5O6/c1-5-8-23-22(25(30(3,4)38)26(31-23)28(36)39-16-24-17(2)40-29(37)41-24)15-18-11-13-19(14-12-18)20-9-6-7-10-21(20)27-32-34-35-33-27/h6-7,9-14,22,38H,5,8,15-16H2,1-4H3,(H,32,33,34,35). The van der Waals surface area contributed by atoms with Crippen molar-refractivity contribution in [3.8, 4) is 22.5 Å². The Labute approximate surface area is 236 Å². The number of H-pyrrole nitrogens is 1. The number of aromatic nitrogens is 4. The quantitative estimate of drug-likeness (QED) is 0.267. The number of aryl methyl sites for hydroxylation is 1. The first-order valence-electron chi connectivity index (χ1n) is 13.4. The smallest absolute Gasteiger partial charge is 0.453 e. The van der Waals surface area contributed by atoms with Crippen molar-refractivity contribution in [1.29, 1.82) is 0 Å². The number of nitrogens with zero attached hydrogens (tertiary/aromatic N) is 4. The van der Waals surface area contributed by atoms with Crippen LogP contribution in [0.15, 0.2) is 78.4 Å². The second-order valence-electron chi connectivity index (χ2n) is 10.4. The summed E-state index contributed by atoms with van der Waals surface area (Å²) in [7, 11) is 0. The minimum absolute atomic E-state index is 0.0834. The van der Waals surface area contributed by atoms with E-state index in [4.69, 9.17) is 13.6 Å². The highest BCUT2D eigenvalue weighted by Gasteiger charge is 2.40. The normalized spacial score (nSPS) is 15.3. The molecule has 0 amide bonds. The zero-order valence-corrected chi connectivity index (χ0v) is 23.3.